The average Bonchev–Trinajstić information content (AvgIpc) is 2.74. The smallest absolute Gasteiger partial charge is 0.253 e. The summed E-state index contributed by atoms with van der Waals surface area (Å²) < 4.78 is 10.0. The van der Waals surface area contributed by atoms with E-state index >= 15 is 0 Å². The van der Waals surface area contributed by atoms with Crippen molar-refractivity contribution in [1.82, 2.24) is 4.90 Å². The highest BCUT2D eigenvalue weighted by Crippen LogP contribution is 2.07. The molecule has 1 rings (SSSR count). The molecule has 20 heavy (non-hydrogen) atoms. The first kappa shape index (κ1) is 16.5. The number of amides is 2. The van der Waals surface area contributed by atoms with E-state index in [1.165, 1.54) is 17.1 Å². The number of carbonyl (C=O) groups excluding carboxylic acids is 3. The first-order valence-corrected chi connectivity index (χ1v) is 6.77. The lowest BCUT2D eigenvalue weighted by atomic mass is 10.1. The molecule has 0 bridgehead atoms. The van der Waals surface area contributed by atoms with Gasteiger partial charge in [0.15, 0.2) is 0 Å². The lowest BCUT2D eigenvalue weighted by Gasteiger charge is -2.12. The second-order valence-electron chi connectivity index (χ2n) is 4.51. The normalized spacial score (nSPS) is 14.3. The molecule has 0 aromatic carbocycles. The number of hydrogen-bond acceptors (Lipinski definition) is 5. The van der Waals surface area contributed by atoms with Crippen molar-refractivity contribution in [3.05, 3.63) is 12.2 Å². The Balaban J connectivity index is 1.99. The molecule has 0 fully saturated rings. The number of ketones is 1. The van der Waals surface area contributed by atoms with Crippen LogP contribution in [0.1, 0.15) is 25.7 Å². The molecule has 0 spiro atoms. The van der Waals surface area contributed by atoms with Crippen molar-refractivity contribution in [2.24, 2.45) is 0 Å². The van der Waals surface area contributed by atoms with Crippen molar-refractivity contribution >= 4 is 17.6 Å². The van der Waals surface area contributed by atoms with Crippen molar-refractivity contribution in [3.63, 3.8) is 0 Å². The predicted molar refractivity (Wildman–Crippen MR) is 72.0 cm³/mol. The molecule has 0 aromatic rings. The van der Waals surface area contributed by atoms with E-state index in [2.05, 4.69) is 0 Å². The van der Waals surface area contributed by atoms with Crippen molar-refractivity contribution < 1.29 is 23.9 Å². The first-order valence-electron chi connectivity index (χ1n) is 6.77. The molecule has 0 saturated heterocycles. The van der Waals surface area contributed by atoms with E-state index in [1.807, 2.05) is 0 Å². The average molecular weight is 283 g/mol. The van der Waals surface area contributed by atoms with Gasteiger partial charge in [-0.25, -0.2) is 0 Å². The number of nitrogens with zero attached hydrogens (tertiary/aromatic N) is 1. The Labute approximate surface area is 118 Å². The van der Waals surface area contributed by atoms with Gasteiger partial charge in [-0.15, -0.1) is 0 Å². The van der Waals surface area contributed by atoms with Gasteiger partial charge in [-0.3, -0.25) is 19.3 Å². The van der Waals surface area contributed by atoms with Crippen molar-refractivity contribution in [3.8, 4) is 0 Å². The number of unbranched alkanes of at least 4 members (excludes halogenated alkanes) is 1. The highest BCUT2D eigenvalue weighted by Gasteiger charge is 2.22. The van der Waals surface area contributed by atoms with Crippen LogP contribution in [-0.4, -0.2) is 56.0 Å². The summed E-state index contributed by atoms with van der Waals surface area (Å²) in [5, 5.41) is 0. The Kier molecular flexibility index (Phi) is 7.75. The van der Waals surface area contributed by atoms with Gasteiger partial charge < -0.3 is 9.47 Å². The van der Waals surface area contributed by atoms with E-state index in [0.717, 1.165) is 0 Å². The summed E-state index contributed by atoms with van der Waals surface area (Å²) in [6.07, 6.45) is 4.71. The molecule has 0 saturated carbocycles. The van der Waals surface area contributed by atoms with Crippen LogP contribution < -0.4 is 0 Å². The SMILES string of the molecule is COCCOCCC(=O)CCCCN1C(=O)C=CC1=O. The summed E-state index contributed by atoms with van der Waals surface area (Å²) in [5.41, 5.74) is 0. The minimum Gasteiger partial charge on any atom is -0.382 e. The molecule has 0 aliphatic carbocycles. The molecular formula is C14H21NO5. The van der Waals surface area contributed by atoms with Crippen molar-refractivity contribution in [1.29, 1.82) is 0 Å². The maximum atomic E-state index is 11.5. The largest absolute Gasteiger partial charge is 0.382 e. The number of carbonyl (C=O) groups is 3. The van der Waals surface area contributed by atoms with Gasteiger partial charge >= 0.3 is 0 Å². The number of rotatable bonds is 11. The standard InChI is InChI=1S/C14H21NO5/c1-19-10-11-20-9-7-12(16)4-2-3-8-15-13(17)5-6-14(15)18/h5-6H,2-4,7-11H2,1H3. The van der Waals surface area contributed by atoms with Gasteiger partial charge in [0.25, 0.3) is 11.8 Å². The molecule has 0 aromatic heterocycles. The molecule has 6 heteroatoms. The zero-order chi connectivity index (χ0) is 14.8. The van der Waals surface area contributed by atoms with Crippen LogP contribution in [0.25, 0.3) is 0 Å². The summed E-state index contributed by atoms with van der Waals surface area (Å²) in [4.78, 5) is 35.3. The molecule has 0 N–H and O–H groups in total. The van der Waals surface area contributed by atoms with Crippen LogP contribution in [0, 0.1) is 0 Å². The molecule has 1 aliphatic rings. The van der Waals surface area contributed by atoms with E-state index in [9.17, 15) is 14.4 Å². The summed E-state index contributed by atoms with van der Waals surface area (Å²) >= 11 is 0. The van der Waals surface area contributed by atoms with Crippen LogP contribution in [0.15, 0.2) is 12.2 Å². The van der Waals surface area contributed by atoms with Crippen LogP contribution in [0.3, 0.4) is 0 Å². The Morgan fingerprint density at radius 2 is 1.75 bits per heavy atom. The van der Waals surface area contributed by atoms with E-state index in [1.54, 1.807) is 7.11 Å². The summed E-state index contributed by atoms with van der Waals surface area (Å²) in [6.45, 7) is 1.81. The van der Waals surface area contributed by atoms with Gasteiger partial charge in [-0.1, -0.05) is 0 Å². The first-order chi connectivity index (χ1) is 9.65. The van der Waals surface area contributed by atoms with Crippen LogP contribution >= 0.6 is 0 Å². The zero-order valence-electron chi connectivity index (χ0n) is 11.8. The van der Waals surface area contributed by atoms with E-state index in [-0.39, 0.29) is 17.6 Å². The lowest BCUT2D eigenvalue weighted by Crippen LogP contribution is -2.30. The van der Waals surface area contributed by atoms with Crippen LogP contribution in [0.2, 0.25) is 0 Å². The van der Waals surface area contributed by atoms with E-state index in [0.29, 0.717) is 52.0 Å². The highest BCUT2D eigenvalue weighted by molar-refractivity contribution is 6.12. The molecule has 0 radical (unpaired) electrons. The van der Waals surface area contributed by atoms with Crippen LogP contribution in [0.4, 0.5) is 0 Å². The molecular weight excluding hydrogens is 262 g/mol. The number of ether oxygens (including phenoxy) is 2. The molecule has 0 atom stereocenters. The fourth-order valence-electron chi connectivity index (χ4n) is 1.80. The summed E-state index contributed by atoms with van der Waals surface area (Å²) in [7, 11) is 1.60. The molecule has 2 amide bonds. The monoisotopic (exact) mass is 283 g/mol. The third-order valence-corrected chi connectivity index (χ3v) is 2.94. The fourth-order valence-corrected chi connectivity index (χ4v) is 1.80. The zero-order valence-corrected chi connectivity index (χ0v) is 11.8. The Bertz CT molecular complexity index is 360. The molecule has 6 nitrogen and oxygen atoms in total. The molecule has 0 unspecified atom stereocenters. The van der Waals surface area contributed by atoms with Gasteiger partial charge in [0.2, 0.25) is 0 Å². The second-order valence-corrected chi connectivity index (χ2v) is 4.51. The summed E-state index contributed by atoms with van der Waals surface area (Å²) in [6, 6.07) is 0. The van der Waals surface area contributed by atoms with Gasteiger partial charge in [0, 0.05) is 38.6 Å². The summed E-state index contributed by atoms with van der Waals surface area (Å²) in [5.74, 6) is -0.402. The molecule has 1 heterocycles. The maximum Gasteiger partial charge on any atom is 0.253 e. The third kappa shape index (κ3) is 6.08. The minimum atomic E-state index is -0.270. The van der Waals surface area contributed by atoms with Crippen molar-refractivity contribution in [2.45, 2.75) is 25.7 Å². The number of imide groups is 1. The van der Waals surface area contributed by atoms with E-state index in [4.69, 9.17) is 9.47 Å². The Morgan fingerprint density at radius 1 is 1.05 bits per heavy atom. The van der Waals surface area contributed by atoms with E-state index < -0.39 is 0 Å². The Morgan fingerprint density at radius 3 is 2.40 bits per heavy atom. The van der Waals surface area contributed by atoms with Gasteiger partial charge in [-0.2, -0.15) is 0 Å². The number of methoxy groups -OCH3 is 1. The quantitative estimate of drug-likeness (QED) is 0.412. The molecule has 112 valence electrons. The van der Waals surface area contributed by atoms with Crippen molar-refractivity contribution in [2.75, 3.05) is 33.5 Å². The lowest BCUT2D eigenvalue weighted by molar-refractivity contribution is -0.136. The van der Waals surface area contributed by atoms with Gasteiger partial charge in [0.1, 0.15) is 5.78 Å². The predicted octanol–water partition coefficient (Wildman–Crippen LogP) is 0.704. The van der Waals surface area contributed by atoms with Crippen LogP contribution in [-0.2, 0) is 23.9 Å². The fraction of sp³-hybridized carbons (Fsp3) is 0.643. The number of hydrogen-bond donors (Lipinski definition) is 0. The van der Waals surface area contributed by atoms with Crippen LogP contribution in [0.5, 0.6) is 0 Å². The Hall–Kier alpha value is -1.53. The topological polar surface area (TPSA) is 72.9 Å². The maximum absolute atomic E-state index is 11.5. The van der Waals surface area contributed by atoms with Gasteiger partial charge in [-0.05, 0) is 12.8 Å². The number of Topliss-reactive ketones (excluding diaryl/α,β-unsaturated/α-hetero) is 1. The second kappa shape index (κ2) is 9.39. The molecule has 1 aliphatic heterocycles. The third-order valence-electron chi connectivity index (χ3n) is 2.94. The minimum absolute atomic E-state index is 0.139. The highest BCUT2D eigenvalue weighted by atomic mass is 16.5. The van der Waals surface area contributed by atoms with Gasteiger partial charge in [0.05, 0.1) is 19.8 Å².